The smallest absolute Gasteiger partial charge is 0.279 e. The molecule has 0 bridgehead atoms. The molecule has 1 aliphatic heterocycles. The third-order valence-electron chi connectivity index (χ3n) is 3.58. The molecule has 0 saturated carbocycles. The zero-order valence-electron chi connectivity index (χ0n) is 11.2. The van der Waals surface area contributed by atoms with Crippen molar-refractivity contribution in [2.24, 2.45) is 5.73 Å². The van der Waals surface area contributed by atoms with Crippen LogP contribution in [0.2, 0.25) is 0 Å². The van der Waals surface area contributed by atoms with Gasteiger partial charge in [0, 0.05) is 5.69 Å². The van der Waals surface area contributed by atoms with Crippen LogP contribution in [0.4, 0.5) is 10.1 Å². The fourth-order valence-corrected chi connectivity index (χ4v) is 2.74. The van der Waals surface area contributed by atoms with Gasteiger partial charge >= 0.3 is 0 Å². The molecule has 1 fully saturated rings. The summed E-state index contributed by atoms with van der Waals surface area (Å²) in [6.07, 6.45) is 2.07. The minimum absolute atomic E-state index is 0.0952. The van der Waals surface area contributed by atoms with Gasteiger partial charge in [-0.05, 0) is 31.0 Å². The van der Waals surface area contributed by atoms with Crippen LogP contribution in [-0.4, -0.2) is 43.1 Å². The first-order chi connectivity index (χ1) is 8.97. The van der Waals surface area contributed by atoms with E-state index in [9.17, 15) is 9.18 Å². The van der Waals surface area contributed by atoms with Gasteiger partial charge in [-0.2, -0.15) is 0 Å². The first-order valence-corrected chi connectivity index (χ1v) is 6.61. The lowest BCUT2D eigenvalue weighted by Crippen LogP contribution is -2.57. The van der Waals surface area contributed by atoms with Crippen molar-refractivity contribution >= 4 is 11.6 Å². The van der Waals surface area contributed by atoms with Crippen LogP contribution in [0, 0.1) is 5.82 Å². The van der Waals surface area contributed by atoms with E-state index in [0.29, 0.717) is 16.7 Å². The monoisotopic (exact) mass is 266 g/mol. The fraction of sp³-hybridized carbons (Fsp3) is 0.500. The average Bonchev–Trinajstić information content (AvgIpc) is 2.27. The maximum absolute atomic E-state index is 13.0. The van der Waals surface area contributed by atoms with Crippen LogP contribution in [0.5, 0.6) is 0 Å². The van der Waals surface area contributed by atoms with E-state index in [0.717, 1.165) is 25.9 Å². The molecule has 0 spiro atoms. The van der Waals surface area contributed by atoms with Crippen molar-refractivity contribution in [2.75, 3.05) is 32.0 Å². The number of hydrogen-bond donors (Lipinski definition) is 2. The Hall–Kier alpha value is -1.46. The Kier molecular flexibility index (Phi) is 4.17. The molecule has 19 heavy (non-hydrogen) atoms. The molecule has 2 atom stereocenters. The van der Waals surface area contributed by atoms with Gasteiger partial charge < -0.3 is 15.5 Å². The first-order valence-electron chi connectivity index (χ1n) is 6.61. The number of likely N-dealkylation sites (N-methyl/N-ethyl adjacent to an activating group) is 1. The Labute approximate surface area is 113 Å². The van der Waals surface area contributed by atoms with E-state index in [-0.39, 0.29) is 17.8 Å². The summed E-state index contributed by atoms with van der Waals surface area (Å²) in [6.45, 7) is 2.16. The number of nitrogens with zero attached hydrogens (tertiary/aromatic N) is 1. The summed E-state index contributed by atoms with van der Waals surface area (Å²) in [5.74, 6) is -0.444. The number of nitrogens with one attached hydrogen (secondary N) is 1. The molecule has 0 radical (unpaired) electrons. The Balaban J connectivity index is 1.94. The summed E-state index contributed by atoms with van der Waals surface area (Å²) in [5.41, 5.74) is 6.46. The van der Waals surface area contributed by atoms with E-state index in [4.69, 9.17) is 5.73 Å². The number of likely N-dealkylation sites (tertiary alicyclic amines) is 1. The maximum atomic E-state index is 13.0. The van der Waals surface area contributed by atoms with Crippen molar-refractivity contribution in [3.63, 3.8) is 0 Å². The predicted molar refractivity (Wildman–Crippen MR) is 73.0 cm³/mol. The number of piperidine rings is 1. The second-order valence-electron chi connectivity index (χ2n) is 5.64. The van der Waals surface area contributed by atoms with Crippen LogP contribution in [-0.2, 0) is 4.79 Å². The summed E-state index contributed by atoms with van der Waals surface area (Å²) in [4.78, 5) is 12.0. The third kappa shape index (κ3) is 4.01. The topological polar surface area (TPSA) is 55.1 Å². The lowest BCUT2D eigenvalue weighted by molar-refractivity contribution is -0.907. The van der Waals surface area contributed by atoms with Gasteiger partial charge in [-0.1, -0.05) is 6.07 Å². The van der Waals surface area contributed by atoms with Gasteiger partial charge in [0.2, 0.25) is 0 Å². The van der Waals surface area contributed by atoms with Gasteiger partial charge in [-0.25, -0.2) is 4.39 Å². The molecule has 1 saturated heterocycles. The summed E-state index contributed by atoms with van der Waals surface area (Å²) < 4.78 is 13.7. The number of hydrogen-bond acceptors (Lipinski definition) is 2. The van der Waals surface area contributed by atoms with Crippen LogP contribution in [0.25, 0.3) is 0 Å². The number of anilines is 1. The lowest BCUT2D eigenvalue weighted by Gasteiger charge is -2.39. The van der Waals surface area contributed by atoms with Crippen molar-refractivity contribution in [2.45, 2.75) is 18.9 Å². The Morgan fingerprint density at radius 3 is 3.05 bits per heavy atom. The highest BCUT2D eigenvalue weighted by atomic mass is 19.1. The van der Waals surface area contributed by atoms with Gasteiger partial charge in [0.25, 0.3) is 5.91 Å². The standard InChI is InChI=1S/C14H20FN3O/c1-18(7-3-5-12(16)9-18)10-14(19)17-13-6-2-4-11(15)8-13/h2,4,6,8,12H,3,5,7,9-10,16H2,1H3/p+1/t12-,18?/m0/s1. The molecule has 1 unspecified atom stereocenters. The van der Waals surface area contributed by atoms with Crippen molar-refractivity contribution in [3.8, 4) is 0 Å². The van der Waals surface area contributed by atoms with Gasteiger partial charge in [-0.15, -0.1) is 0 Å². The van der Waals surface area contributed by atoms with Gasteiger partial charge in [-0.3, -0.25) is 4.79 Å². The van der Waals surface area contributed by atoms with Gasteiger partial charge in [0.15, 0.2) is 6.54 Å². The van der Waals surface area contributed by atoms with Crippen molar-refractivity contribution in [3.05, 3.63) is 30.1 Å². The van der Waals surface area contributed by atoms with Crippen molar-refractivity contribution < 1.29 is 13.7 Å². The molecule has 1 aromatic carbocycles. The first kappa shape index (κ1) is 14.0. The number of amides is 1. The molecule has 1 aromatic rings. The van der Waals surface area contributed by atoms with E-state index in [1.165, 1.54) is 12.1 Å². The highest BCUT2D eigenvalue weighted by Gasteiger charge is 2.31. The Morgan fingerprint density at radius 1 is 1.58 bits per heavy atom. The number of benzene rings is 1. The summed E-state index contributed by atoms with van der Waals surface area (Å²) >= 11 is 0. The van der Waals surface area contributed by atoms with Crippen LogP contribution in [0.3, 0.4) is 0 Å². The molecule has 3 N–H and O–H groups in total. The molecule has 2 rings (SSSR count). The minimum atomic E-state index is -0.349. The molecule has 1 aliphatic rings. The predicted octanol–water partition coefficient (Wildman–Crippen LogP) is 1.33. The Bertz CT molecular complexity index is 466. The van der Waals surface area contributed by atoms with Crippen LogP contribution < -0.4 is 11.1 Å². The third-order valence-corrected chi connectivity index (χ3v) is 3.58. The summed E-state index contributed by atoms with van der Waals surface area (Å²) in [7, 11) is 2.05. The largest absolute Gasteiger partial charge is 0.323 e. The number of rotatable bonds is 3. The molecule has 5 heteroatoms. The van der Waals surface area contributed by atoms with Crippen molar-refractivity contribution in [1.29, 1.82) is 0 Å². The maximum Gasteiger partial charge on any atom is 0.279 e. The minimum Gasteiger partial charge on any atom is -0.323 e. The average molecular weight is 266 g/mol. The highest BCUT2D eigenvalue weighted by Crippen LogP contribution is 2.16. The molecular formula is C14H21FN3O+. The number of quaternary nitrogens is 1. The quantitative estimate of drug-likeness (QED) is 0.811. The SMILES string of the molecule is C[N+]1(CC(=O)Nc2cccc(F)c2)CCC[C@H](N)C1. The molecule has 1 amide bonds. The zero-order valence-corrected chi connectivity index (χ0v) is 11.2. The lowest BCUT2D eigenvalue weighted by atomic mass is 10.0. The van der Waals surface area contributed by atoms with E-state index in [1.54, 1.807) is 12.1 Å². The molecule has 0 aliphatic carbocycles. The number of carbonyl (C=O) groups excluding carboxylic acids is 1. The van der Waals surface area contributed by atoms with E-state index in [2.05, 4.69) is 5.32 Å². The van der Waals surface area contributed by atoms with Crippen LogP contribution in [0.15, 0.2) is 24.3 Å². The van der Waals surface area contributed by atoms with E-state index < -0.39 is 0 Å². The van der Waals surface area contributed by atoms with Gasteiger partial charge in [0.05, 0.1) is 26.2 Å². The van der Waals surface area contributed by atoms with E-state index >= 15 is 0 Å². The summed E-state index contributed by atoms with van der Waals surface area (Å²) in [6, 6.07) is 6.11. The Morgan fingerprint density at radius 2 is 2.37 bits per heavy atom. The van der Waals surface area contributed by atoms with Crippen LogP contribution in [0.1, 0.15) is 12.8 Å². The second kappa shape index (κ2) is 5.67. The summed E-state index contributed by atoms with van der Waals surface area (Å²) in [5, 5.41) is 2.73. The zero-order chi connectivity index (χ0) is 13.9. The molecule has 0 aromatic heterocycles. The normalized spacial score (nSPS) is 27.0. The van der Waals surface area contributed by atoms with E-state index in [1.807, 2.05) is 7.05 Å². The fourth-order valence-electron chi connectivity index (χ4n) is 2.74. The van der Waals surface area contributed by atoms with Crippen molar-refractivity contribution in [1.82, 2.24) is 0 Å². The second-order valence-corrected chi connectivity index (χ2v) is 5.64. The molecule has 1 heterocycles. The number of nitrogens with two attached hydrogens (primary N) is 1. The molecular weight excluding hydrogens is 245 g/mol. The number of halogens is 1. The van der Waals surface area contributed by atoms with Gasteiger partial charge in [0.1, 0.15) is 5.82 Å². The van der Waals surface area contributed by atoms with Crippen LogP contribution >= 0.6 is 0 Å². The molecule has 104 valence electrons. The molecule has 4 nitrogen and oxygen atoms in total. The highest BCUT2D eigenvalue weighted by molar-refractivity contribution is 5.91. The number of carbonyl (C=O) groups is 1.